The molecule has 9 atom stereocenters. The molecule has 3 aliphatic rings. The normalized spacial score (nSPS) is 22.1. The number of fused-ring (bicyclic) bond motifs is 1. The van der Waals surface area contributed by atoms with Gasteiger partial charge in [-0.25, -0.2) is 0 Å². The molecule has 0 unspecified atom stereocenters. The van der Waals surface area contributed by atoms with Crippen molar-refractivity contribution in [1.82, 2.24) is 63.1 Å². The van der Waals surface area contributed by atoms with Gasteiger partial charge in [0.1, 0.15) is 60.1 Å². The molecule has 34 nitrogen and oxygen atoms in total. The van der Waals surface area contributed by atoms with Crippen LogP contribution in [0.15, 0.2) is 84.0 Å². The Morgan fingerprint density at radius 3 is 1.89 bits per heavy atom. The Hall–Kier alpha value is -10.5. The number of rotatable bonds is 26. The molecule has 3 fully saturated rings. The molecule has 1 aliphatic heterocycles. The van der Waals surface area contributed by atoms with Crippen molar-refractivity contribution in [3.63, 3.8) is 0 Å². The summed E-state index contributed by atoms with van der Waals surface area (Å²) in [5.41, 5.74) is 31.5. The molecule has 586 valence electrons. The molecule has 2 heterocycles. The molecule has 4 aromatic rings. The van der Waals surface area contributed by atoms with Gasteiger partial charge in [-0.1, -0.05) is 107 Å². The maximum atomic E-state index is 15.3. The fourth-order valence-corrected chi connectivity index (χ4v) is 15.3. The number of hydrogen-bond donors (Lipinski definition) is 18. The van der Waals surface area contributed by atoms with Gasteiger partial charge in [0, 0.05) is 99.2 Å². The number of amides is 13. The number of aromatic amines is 1. The number of aromatic hydroxyl groups is 1. The van der Waals surface area contributed by atoms with E-state index in [0.29, 0.717) is 66.1 Å². The van der Waals surface area contributed by atoms with E-state index in [4.69, 9.17) is 28.7 Å². The van der Waals surface area contributed by atoms with Crippen LogP contribution in [-0.4, -0.2) is 207 Å². The van der Waals surface area contributed by atoms with E-state index < -0.39 is 182 Å². The van der Waals surface area contributed by atoms with E-state index in [0.717, 1.165) is 40.0 Å². The number of aryl methyl sites for hydroxylation is 1. The number of carboxylic acids is 1. The number of phenols is 1. The van der Waals surface area contributed by atoms with Crippen LogP contribution in [0.3, 0.4) is 0 Å². The van der Waals surface area contributed by atoms with Crippen LogP contribution >= 0.6 is 21.6 Å². The molecular weight excluding hydrogens is 1440 g/mol. The number of aliphatic carboxylic acids is 1. The fourth-order valence-electron chi connectivity index (χ4n) is 13.0. The number of nitrogens with zero attached hydrogens (tertiary/aromatic N) is 2. The molecule has 2 saturated carbocycles. The number of para-hydroxylation sites is 1. The second-order valence-electron chi connectivity index (χ2n) is 27.2. The largest absolute Gasteiger partial charge is 0.508 e. The number of nitrogens with one attached hydrogen (secondary N) is 11. The van der Waals surface area contributed by atoms with Crippen molar-refractivity contribution in [3.8, 4) is 5.75 Å². The molecule has 0 radical (unpaired) electrons. The van der Waals surface area contributed by atoms with Crippen molar-refractivity contribution >= 4 is 121 Å². The van der Waals surface area contributed by atoms with Crippen LogP contribution in [-0.2, 0) is 86.4 Å². The summed E-state index contributed by atoms with van der Waals surface area (Å²) in [7, 11) is 1.77. The Balaban J connectivity index is 1.28. The first kappa shape index (κ1) is 84.8. The zero-order valence-corrected chi connectivity index (χ0v) is 61.9. The highest BCUT2D eigenvalue weighted by atomic mass is 33.1. The van der Waals surface area contributed by atoms with Gasteiger partial charge in [-0.05, 0) is 99.1 Å². The maximum absolute atomic E-state index is 15.3. The lowest BCUT2D eigenvalue weighted by atomic mass is 9.95. The smallest absolute Gasteiger partial charge is 0.303 e. The third-order valence-electron chi connectivity index (χ3n) is 18.8. The summed E-state index contributed by atoms with van der Waals surface area (Å²) >= 11 is 0. The number of aliphatic imine (C=N–C) groups is 1. The Morgan fingerprint density at radius 2 is 1.23 bits per heavy atom. The number of carboxylic acid groups (broad SMARTS) is 1. The average molecular weight is 1540 g/mol. The van der Waals surface area contributed by atoms with Crippen LogP contribution in [0, 0.1) is 12.8 Å². The summed E-state index contributed by atoms with van der Waals surface area (Å²) in [5, 5.41) is 47.5. The third-order valence-corrected chi connectivity index (χ3v) is 21.3. The highest BCUT2D eigenvalue weighted by molar-refractivity contribution is 8.76. The van der Waals surface area contributed by atoms with Gasteiger partial charge >= 0.3 is 5.97 Å². The summed E-state index contributed by atoms with van der Waals surface area (Å²) in [4.78, 5) is 207. The SMILES string of the molecule is Cc1ccc(C[C@@H]2NC(=O)[C@H](C3CCCC3)NC(=O)[C@@H](NC(=O)[C@H](Cc3ccc(O)cc3)NC(=O)CN(C(=O)CCN)C3CCCC3)CSSC[C@@H](C(N)=O)NC(=O)[C@H](CCC(=O)O)NC(=O)[C@H](Cc3c[nH]c4ccccc34)NC(=O)[C@H](CCC(N)=O)NC(=O)CCNC(=O)[C@H](CCCN=C(N)N)NC2=O)cc1. The molecule has 108 heavy (non-hydrogen) atoms. The number of guanidine groups is 1. The molecule has 0 spiro atoms. The van der Waals surface area contributed by atoms with Gasteiger partial charge in [0.15, 0.2) is 5.96 Å². The van der Waals surface area contributed by atoms with Gasteiger partial charge in [0.2, 0.25) is 76.8 Å². The Kier molecular flexibility index (Phi) is 33.6. The molecule has 2 aliphatic carbocycles. The zero-order valence-electron chi connectivity index (χ0n) is 60.2. The number of primary amides is 2. The molecular formula is C72H100N18O16S2. The van der Waals surface area contributed by atoms with Gasteiger partial charge in [0.25, 0.3) is 0 Å². The number of phenolic OH excluding ortho intramolecular Hbond substituents is 1. The molecule has 36 heteroatoms. The van der Waals surface area contributed by atoms with Crippen LogP contribution in [0.25, 0.3) is 10.9 Å². The Bertz CT molecular complexity index is 3850. The van der Waals surface area contributed by atoms with Gasteiger partial charge in [-0.15, -0.1) is 0 Å². The van der Waals surface area contributed by atoms with Crippen molar-refractivity contribution in [3.05, 3.63) is 101 Å². The first-order chi connectivity index (χ1) is 51.6. The fraction of sp³-hybridized carbons (Fsp3) is 0.514. The summed E-state index contributed by atoms with van der Waals surface area (Å²) < 4.78 is 0. The summed E-state index contributed by atoms with van der Waals surface area (Å²) in [6.45, 7) is 1.03. The summed E-state index contributed by atoms with van der Waals surface area (Å²) in [6, 6.07) is 5.71. The second kappa shape index (κ2) is 42.7. The van der Waals surface area contributed by atoms with Crippen LogP contribution in [0.4, 0.5) is 0 Å². The zero-order chi connectivity index (χ0) is 78.4. The van der Waals surface area contributed by atoms with Crippen molar-refractivity contribution in [2.24, 2.45) is 39.6 Å². The molecule has 1 saturated heterocycles. The van der Waals surface area contributed by atoms with Crippen molar-refractivity contribution in [2.75, 3.05) is 37.7 Å². The van der Waals surface area contributed by atoms with Crippen molar-refractivity contribution < 1.29 is 77.3 Å². The van der Waals surface area contributed by atoms with E-state index in [1.165, 1.54) is 29.2 Å². The van der Waals surface area contributed by atoms with Crippen molar-refractivity contribution in [1.29, 1.82) is 0 Å². The lowest BCUT2D eigenvalue weighted by molar-refractivity contribution is -0.139. The molecule has 7 rings (SSSR count). The minimum absolute atomic E-state index is 0.00747. The lowest BCUT2D eigenvalue weighted by Gasteiger charge is -2.30. The molecule has 0 bridgehead atoms. The van der Waals surface area contributed by atoms with Gasteiger partial charge < -0.3 is 102 Å². The predicted octanol–water partition coefficient (Wildman–Crippen LogP) is -1.55. The average Bonchev–Trinajstić information content (AvgIpc) is 1.67. The van der Waals surface area contributed by atoms with Crippen LogP contribution in [0.1, 0.15) is 125 Å². The maximum Gasteiger partial charge on any atom is 0.303 e. The first-order valence-electron chi connectivity index (χ1n) is 36.1. The number of hydrogen-bond acceptors (Lipinski definition) is 19. The van der Waals surface area contributed by atoms with Crippen LogP contribution < -0.4 is 81.8 Å². The number of carbonyl (C=O) groups is 14. The van der Waals surface area contributed by atoms with E-state index in [2.05, 4.69) is 63.1 Å². The van der Waals surface area contributed by atoms with Crippen LogP contribution in [0.5, 0.6) is 5.75 Å². The quantitative estimate of drug-likeness (QED) is 0.0146. The van der Waals surface area contributed by atoms with Crippen LogP contribution in [0.2, 0.25) is 0 Å². The number of carbonyl (C=O) groups excluding carboxylic acids is 13. The lowest BCUT2D eigenvalue weighted by Crippen LogP contribution is -2.61. The van der Waals surface area contributed by atoms with Gasteiger partial charge in [0.05, 0.1) is 6.54 Å². The topological polar surface area (TPSA) is 561 Å². The van der Waals surface area contributed by atoms with E-state index in [-0.39, 0.29) is 86.8 Å². The first-order valence-corrected chi connectivity index (χ1v) is 38.6. The Labute approximate surface area is 632 Å². The van der Waals surface area contributed by atoms with E-state index >= 15 is 14.4 Å². The number of nitrogens with two attached hydrogens (primary N) is 5. The molecule has 13 amide bonds. The van der Waals surface area contributed by atoms with Gasteiger partial charge in [-0.3, -0.25) is 72.1 Å². The highest BCUT2D eigenvalue weighted by Gasteiger charge is 2.40. The number of H-pyrrole nitrogens is 1. The summed E-state index contributed by atoms with van der Waals surface area (Å²) in [5.74, 6) is -14.4. The predicted molar refractivity (Wildman–Crippen MR) is 403 cm³/mol. The monoisotopic (exact) mass is 1540 g/mol. The standard InChI is InChI=1S/C72H100N18O16S2/c1-40-16-18-41(19-17-40)34-53-68(103)83-49(15-8-31-79-72(76)77)64(99)78-32-29-58(93)81-50(24-26-57(74)92)65(100)85-54(35-44-36-80-48-14-7-6-13-47(44)48)69(104)84-51(25-27-61(96)97)66(101)87-55(63(75)98)38-107-108-39-56(70(105)89-62(71(106)86-53)43-9-2-3-10-43)88-67(102)52(33-42-20-22-46(91)23-21-42)82-59(94)37-90(60(95)28-30-73)45-11-4-5-12-45/h6-7,13-14,16-23,36,43,45,49-56,62,80,91H,2-5,8-12,15,24-35,37-39,73H2,1H3,(H2,74,92)(H2,75,98)(H,78,99)(H,81,93)(H,82,94)(H,83,103)(H,84,104)(H,85,100)(H,86,106)(H,87,101)(H,88,102)(H,89,105)(H,96,97)(H4,76,77,79)/t49-,50-,51-,52-,53-,54-,55-,56-,62-/m0/s1. The second-order valence-corrected chi connectivity index (χ2v) is 29.7. The van der Waals surface area contributed by atoms with Gasteiger partial charge in [-0.2, -0.15) is 0 Å². The Morgan fingerprint density at radius 1 is 0.639 bits per heavy atom. The summed E-state index contributed by atoms with van der Waals surface area (Å²) in [6.07, 6.45) is 3.29. The molecule has 1 aromatic heterocycles. The van der Waals surface area contributed by atoms with Crippen molar-refractivity contribution in [2.45, 2.75) is 189 Å². The third kappa shape index (κ3) is 27.4. The minimum atomic E-state index is -1.74. The number of benzene rings is 3. The van der Waals surface area contributed by atoms with E-state index in [9.17, 15) is 63.0 Å². The van der Waals surface area contributed by atoms with E-state index in [1.54, 1.807) is 54.7 Å². The minimum Gasteiger partial charge on any atom is -0.508 e. The molecule has 3 aromatic carbocycles. The highest BCUT2D eigenvalue weighted by Crippen LogP contribution is 2.30. The number of aromatic nitrogens is 1. The van der Waals surface area contributed by atoms with E-state index in [1.807, 2.05) is 6.92 Å². The molecule has 23 N–H and O–H groups in total.